The first-order valence-electron chi connectivity index (χ1n) is 11.4. The van der Waals surface area contributed by atoms with Crippen molar-refractivity contribution in [1.82, 2.24) is 19.5 Å². The highest BCUT2D eigenvalue weighted by atomic mass is 35.5. The van der Waals surface area contributed by atoms with Crippen LogP contribution in [0.1, 0.15) is 38.7 Å². The van der Waals surface area contributed by atoms with E-state index < -0.39 is 5.97 Å². The molecule has 0 atom stereocenters. The molecule has 4 heterocycles. The SMILES string of the molecule is Cc1nc(C)c2nc(C)n(CC#Cc3ccc(Cl)cc3-c3ccnc4c(C(=O)O)csc34)c(=O)c2c1C#N. The molecule has 5 aromatic rings. The van der Waals surface area contributed by atoms with Gasteiger partial charge >= 0.3 is 5.97 Å². The van der Waals surface area contributed by atoms with Crippen LogP contribution < -0.4 is 5.56 Å². The summed E-state index contributed by atoms with van der Waals surface area (Å²) >= 11 is 7.60. The van der Waals surface area contributed by atoms with Gasteiger partial charge in [-0.25, -0.2) is 9.78 Å². The van der Waals surface area contributed by atoms with E-state index >= 15 is 0 Å². The molecule has 0 aliphatic carbocycles. The number of aryl methyl sites for hydroxylation is 3. The number of benzene rings is 1. The predicted molar refractivity (Wildman–Crippen MR) is 147 cm³/mol. The van der Waals surface area contributed by atoms with E-state index in [-0.39, 0.29) is 28.6 Å². The van der Waals surface area contributed by atoms with Crippen molar-refractivity contribution in [2.75, 3.05) is 0 Å². The zero-order valence-corrected chi connectivity index (χ0v) is 22.0. The average Bonchev–Trinajstić information content (AvgIpc) is 3.32. The number of hydrogen-bond donors (Lipinski definition) is 1. The fraction of sp³-hybridized carbons (Fsp3) is 0.143. The number of carboxylic acids is 1. The lowest BCUT2D eigenvalue weighted by atomic mass is 10.00. The number of pyridine rings is 2. The third kappa shape index (κ3) is 4.18. The van der Waals surface area contributed by atoms with Gasteiger partial charge in [0.2, 0.25) is 0 Å². The van der Waals surface area contributed by atoms with Crippen molar-refractivity contribution >= 4 is 50.0 Å². The number of rotatable bonds is 3. The molecule has 38 heavy (non-hydrogen) atoms. The number of carbonyl (C=O) groups is 1. The fourth-order valence-corrected chi connectivity index (χ4v) is 5.57. The highest BCUT2D eigenvalue weighted by Gasteiger charge is 2.18. The van der Waals surface area contributed by atoms with Gasteiger partial charge in [0, 0.05) is 33.3 Å². The van der Waals surface area contributed by atoms with E-state index in [1.54, 1.807) is 56.6 Å². The second kappa shape index (κ2) is 9.71. The van der Waals surface area contributed by atoms with Crippen molar-refractivity contribution in [1.29, 1.82) is 5.26 Å². The molecule has 10 heteroatoms. The molecule has 0 unspecified atom stereocenters. The third-order valence-electron chi connectivity index (χ3n) is 6.18. The van der Waals surface area contributed by atoms with Crippen LogP contribution in [0.3, 0.4) is 0 Å². The van der Waals surface area contributed by atoms with E-state index in [2.05, 4.69) is 32.9 Å². The topological polar surface area (TPSA) is 122 Å². The van der Waals surface area contributed by atoms with E-state index in [1.165, 1.54) is 15.9 Å². The number of hydrogen-bond acceptors (Lipinski definition) is 7. The van der Waals surface area contributed by atoms with Crippen LogP contribution in [0.5, 0.6) is 0 Å². The maximum Gasteiger partial charge on any atom is 0.338 e. The Labute approximate surface area is 225 Å². The van der Waals surface area contributed by atoms with Crippen molar-refractivity contribution < 1.29 is 9.90 Å². The zero-order valence-electron chi connectivity index (χ0n) is 20.5. The number of aromatic nitrogens is 4. The van der Waals surface area contributed by atoms with Crippen LogP contribution in [0, 0.1) is 43.9 Å². The van der Waals surface area contributed by atoms with Gasteiger partial charge in [-0.15, -0.1) is 11.3 Å². The van der Waals surface area contributed by atoms with Gasteiger partial charge in [-0.3, -0.25) is 19.3 Å². The second-order valence-corrected chi connectivity index (χ2v) is 9.84. The quantitative estimate of drug-likeness (QED) is 0.310. The Kier molecular flexibility index (Phi) is 6.41. The second-order valence-electron chi connectivity index (χ2n) is 8.53. The first-order chi connectivity index (χ1) is 18.2. The van der Waals surface area contributed by atoms with E-state index in [1.807, 2.05) is 0 Å². The Morgan fingerprint density at radius 3 is 2.66 bits per heavy atom. The van der Waals surface area contributed by atoms with Gasteiger partial charge in [0.25, 0.3) is 5.56 Å². The first kappa shape index (κ1) is 25.1. The summed E-state index contributed by atoms with van der Waals surface area (Å²) in [7, 11) is 0. The molecule has 0 aliphatic rings. The highest BCUT2D eigenvalue weighted by Crippen LogP contribution is 2.36. The number of nitriles is 1. The molecule has 4 aromatic heterocycles. The van der Waals surface area contributed by atoms with E-state index in [0.717, 1.165) is 11.1 Å². The van der Waals surface area contributed by atoms with Gasteiger partial charge < -0.3 is 5.11 Å². The van der Waals surface area contributed by atoms with E-state index in [0.29, 0.717) is 43.5 Å². The zero-order chi connectivity index (χ0) is 27.1. The summed E-state index contributed by atoms with van der Waals surface area (Å²) in [6.45, 7) is 5.22. The van der Waals surface area contributed by atoms with Crippen LogP contribution in [0.15, 0.2) is 40.6 Å². The summed E-state index contributed by atoms with van der Waals surface area (Å²) in [5.74, 6) is 5.60. The highest BCUT2D eigenvalue weighted by molar-refractivity contribution is 7.18. The summed E-state index contributed by atoms with van der Waals surface area (Å²) in [5.41, 5.74) is 4.02. The third-order valence-corrected chi connectivity index (χ3v) is 7.42. The van der Waals surface area contributed by atoms with E-state index in [9.17, 15) is 20.0 Å². The summed E-state index contributed by atoms with van der Waals surface area (Å²) in [6, 6.07) is 9.15. The number of aromatic carboxylic acids is 1. The summed E-state index contributed by atoms with van der Waals surface area (Å²) in [6.07, 6.45) is 1.56. The molecule has 8 nitrogen and oxygen atoms in total. The summed E-state index contributed by atoms with van der Waals surface area (Å²) < 4.78 is 2.15. The minimum atomic E-state index is -1.04. The standard InChI is InChI=1S/C28H18ClN5O3S/c1-14-21(12-30)23-24(15(2)32-14)33-16(3)34(27(23)35)10-4-5-17-6-7-18(29)11-20(17)19-8-9-31-25-22(28(36)37)13-38-26(19)25/h6-9,11,13H,10H2,1-3H3,(H,36,37). The Balaban J connectivity index is 1.62. The van der Waals surface area contributed by atoms with Gasteiger partial charge in [-0.1, -0.05) is 23.4 Å². The van der Waals surface area contributed by atoms with Gasteiger partial charge in [0.05, 0.1) is 44.7 Å². The Morgan fingerprint density at radius 1 is 1.13 bits per heavy atom. The molecule has 186 valence electrons. The Morgan fingerprint density at radius 2 is 1.92 bits per heavy atom. The predicted octanol–water partition coefficient (Wildman–Crippen LogP) is 5.27. The van der Waals surface area contributed by atoms with Crippen LogP contribution in [-0.4, -0.2) is 30.6 Å². The van der Waals surface area contributed by atoms with Crippen molar-refractivity contribution in [3.63, 3.8) is 0 Å². The smallest absolute Gasteiger partial charge is 0.338 e. The number of halogens is 1. The van der Waals surface area contributed by atoms with Gasteiger partial charge in [-0.2, -0.15) is 5.26 Å². The molecular weight excluding hydrogens is 522 g/mol. The maximum atomic E-state index is 13.4. The van der Waals surface area contributed by atoms with Crippen LogP contribution in [-0.2, 0) is 6.54 Å². The number of carboxylic acid groups (broad SMARTS) is 1. The van der Waals surface area contributed by atoms with Crippen LogP contribution in [0.25, 0.3) is 32.2 Å². The largest absolute Gasteiger partial charge is 0.478 e. The average molecular weight is 540 g/mol. The van der Waals surface area contributed by atoms with Crippen LogP contribution in [0.4, 0.5) is 0 Å². The molecular formula is C28H18ClN5O3S. The lowest BCUT2D eigenvalue weighted by Crippen LogP contribution is -2.25. The first-order valence-corrected chi connectivity index (χ1v) is 12.6. The number of fused-ring (bicyclic) bond motifs is 2. The van der Waals surface area contributed by atoms with Crippen LogP contribution >= 0.6 is 22.9 Å². The number of thiophene rings is 1. The molecule has 0 aliphatic heterocycles. The van der Waals surface area contributed by atoms with Crippen molar-refractivity contribution in [2.24, 2.45) is 0 Å². The van der Waals surface area contributed by atoms with Crippen molar-refractivity contribution in [2.45, 2.75) is 27.3 Å². The summed E-state index contributed by atoms with van der Waals surface area (Å²) in [4.78, 5) is 38.2. The van der Waals surface area contributed by atoms with Gasteiger partial charge in [0.15, 0.2) is 0 Å². The summed E-state index contributed by atoms with van der Waals surface area (Å²) in [5, 5.41) is 21.4. The Bertz CT molecular complexity index is 1980. The minimum absolute atomic E-state index is 0.0505. The van der Waals surface area contributed by atoms with Crippen LogP contribution in [0.2, 0.25) is 5.02 Å². The molecule has 0 bridgehead atoms. The lowest BCUT2D eigenvalue weighted by molar-refractivity contribution is 0.0699. The Hall–Kier alpha value is -4.57. The van der Waals surface area contributed by atoms with Crippen molar-refractivity contribution in [3.8, 4) is 29.0 Å². The normalized spacial score (nSPS) is 10.8. The molecule has 1 N–H and O–H groups in total. The van der Waals surface area contributed by atoms with E-state index in [4.69, 9.17) is 11.6 Å². The number of nitrogens with zero attached hydrogens (tertiary/aromatic N) is 5. The maximum absolute atomic E-state index is 13.4. The van der Waals surface area contributed by atoms with Crippen molar-refractivity contribution in [3.05, 3.63) is 85.1 Å². The fourth-order valence-electron chi connectivity index (χ4n) is 4.37. The molecule has 0 amide bonds. The molecule has 0 spiro atoms. The van der Waals surface area contributed by atoms with Gasteiger partial charge in [0.1, 0.15) is 17.4 Å². The molecule has 0 saturated heterocycles. The lowest BCUT2D eigenvalue weighted by Gasteiger charge is -2.11. The minimum Gasteiger partial charge on any atom is -0.478 e. The molecule has 0 radical (unpaired) electrons. The molecule has 1 aromatic carbocycles. The van der Waals surface area contributed by atoms with Gasteiger partial charge in [-0.05, 0) is 45.0 Å². The molecule has 5 rings (SSSR count). The molecule has 0 fully saturated rings. The monoisotopic (exact) mass is 539 g/mol. The molecule has 0 saturated carbocycles.